The van der Waals surface area contributed by atoms with Crippen LogP contribution in [0.3, 0.4) is 0 Å². The fourth-order valence-corrected chi connectivity index (χ4v) is 4.19. The molecule has 0 aromatic heterocycles. The fraction of sp³-hybridized carbons (Fsp3) is 0.667. The van der Waals surface area contributed by atoms with Gasteiger partial charge in [0.15, 0.2) is 0 Å². The fourth-order valence-electron chi connectivity index (χ4n) is 4.19. The van der Waals surface area contributed by atoms with E-state index in [1.165, 1.54) is 0 Å². The number of aryl methyl sites for hydroxylation is 2. The predicted molar refractivity (Wildman–Crippen MR) is 134 cm³/mol. The van der Waals surface area contributed by atoms with E-state index >= 15 is 0 Å². The molecule has 190 valence electrons. The van der Waals surface area contributed by atoms with Crippen molar-refractivity contribution in [3.8, 4) is 0 Å². The molecule has 0 saturated heterocycles. The van der Waals surface area contributed by atoms with Crippen LogP contribution in [-0.2, 0) is 14.3 Å². The molecule has 1 aromatic rings. The summed E-state index contributed by atoms with van der Waals surface area (Å²) in [6.07, 6.45) is 0.178. The van der Waals surface area contributed by atoms with Crippen molar-refractivity contribution in [2.24, 2.45) is 11.8 Å². The lowest BCUT2D eigenvalue weighted by atomic mass is 9.94. The molecule has 1 aliphatic carbocycles. The van der Waals surface area contributed by atoms with Gasteiger partial charge in [-0.2, -0.15) is 0 Å². The molecule has 1 aromatic carbocycles. The standard InChI is InChI=1S/C27H43N3O4/c1-15(2)22(29-26(33)34-27(8,9)10)25(32)30(21-14-19(21)7)23(24(31)28-16(3)4)20-12-11-17(5)13-18(20)6/h11-13,15-16,19,21-23H,14H2,1-10H3,(H,28,31)(H,29,33). The maximum absolute atomic E-state index is 14.1. The smallest absolute Gasteiger partial charge is 0.408 e. The number of amides is 3. The number of hydrogen-bond donors (Lipinski definition) is 2. The van der Waals surface area contributed by atoms with E-state index in [1.807, 2.05) is 59.7 Å². The lowest BCUT2D eigenvalue weighted by Gasteiger charge is -2.37. The van der Waals surface area contributed by atoms with E-state index in [9.17, 15) is 14.4 Å². The summed E-state index contributed by atoms with van der Waals surface area (Å²) in [4.78, 5) is 41.9. The van der Waals surface area contributed by atoms with Gasteiger partial charge in [0.25, 0.3) is 0 Å². The average Bonchev–Trinajstić information content (AvgIpc) is 3.38. The normalized spacial score (nSPS) is 19.4. The Hall–Kier alpha value is -2.57. The number of benzene rings is 1. The summed E-state index contributed by atoms with van der Waals surface area (Å²) in [6.45, 7) is 19.0. The first-order chi connectivity index (χ1) is 15.6. The van der Waals surface area contributed by atoms with Gasteiger partial charge in [-0.3, -0.25) is 9.59 Å². The summed E-state index contributed by atoms with van der Waals surface area (Å²) < 4.78 is 5.42. The number of nitrogens with zero attached hydrogens (tertiary/aromatic N) is 1. The summed E-state index contributed by atoms with van der Waals surface area (Å²) in [5.41, 5.74) is 2.17. The molecule has 0 heterocycles. The number of carbonyl (C=O) groups excluding carboxylic acids is 3. The minimum Gasteiger partial charge on any atom is -0.444 e. The van der Waals surface area contributed by atoms with E-state index in [4.69, 9.17) is 4.74 Å². The van der Waals surface area contributed by atoms with Crippen LogP contribution in [0, 0.1) is 25.7 Å². The van der Waals surface area contributed by atoms with Gasteiger partial charge in [-0.05, 0) is 77.8 Å². The van der Waals surface area contributed by atoms with E-state index in [1.54, 1.807) is 25.7 Å². The first kappa shape index (κ1) is 27.7. The van der Waals surface area contributed by atoms with Crippen LogP contribution in [0.4, 0.5) is 4.79 Å². The van der Waals surface area contributed by atoms with Gasteiger partial charge in [-0.25, -0.2) is 4.79 Å². The van der Waals surface area contributed by atoms with E-state index in [-0.39, 0.29) is 35.7 Å². The van der Waals surface area contributed by atoms with Crippen LogP contribution >= 0.6 is 0 Å². The molecule has 0 bridgehead atoms. The Morgan fingerprint density at radius 2 is 1.65 bits per heavy atom. The molecule has 1 saturated carbocycles. The largest absolute Gasteiger partial charge is 0.444 e. The third-order valence-corrected chi connectivity index (χ3v) is 5.96. The van der Waals surface area contributed by atoms with Gasteiger partial charge < -0.3 is 20.3 Å². The van der Waals surface area contributed by atoms with Crippen LogP contribution in [0.2, 0.25) is 0 Å². The maximum Gasteiger partial charge on any atom is 0.408 e. The molecule has 34 heavy (non-hydrogen) atoms. The van der Waals surface area contributed by atoms with Gasteiger partial charge in [-0.1, -0.05) is 44.5 Å². The van der Waals surface area contributed by atoms with E-state index in [0.29, 0.717) is 0 Å². The molecule has 4 unspecified atom stereocenters. The first-order valence-electron chi connectivity index (χ1n) is 12.3. The molecule has 7 nitrogen and oxygen atoms in total. The monoisotopic (exact) mass is 473 g/mol. The summed E-state index contributed by atoms with van der Waals surface area (Å²) in [6, 6.07) is 4.19. The number of ether oxygens (including phenoxy) is 1. The Labute approximate surface area is 205 Å². The highest BCUT2D eigenvalue weighted by atomic mass is 16.6. The molecule has 1 fully saturated rings. The average molecular weight is 474 g/mol. The third kappa shape index (κ3) is 7.21. The molecule has 0 aliphatic heterocycles. The van der Waals surface area contributed by atoms with Crippen LogP contribution in [0.15, 0.2) is 18.2 Å². The lowest BCUT2D eigenvalue weighted by Crippen LogP contribution is -2.56. The molecular formula is C27H43N3O4. The van der Waals surface area contributed by atoms with Crippen LogP contribution in [0.1, 0.15) is 84.5 Å². The molecule has 0 spiro atoms. The third-order valence-electron chi connectivity index (χ3n) is 5.96. The predicted octanol–water partition coefficient (Wildman–Crippen LogP) is 4.66. The van der Waals surface area contributed by atoms with Crippen LogP contribution in [0.25, 0.3) is 0 Å². The minimum absolute atomic E-state index is 0.0715. The van der Waals surface area contributed by atoms with Crippen LogP contribution in [0.5, 0.6) is 0 Å². The number of nitrogens with one attached hydrogen (secondary N) is 2. The van der Waals surface area contributed by atoms with E-state index < -0.39 is 23.8 Å². The summed E-state index contributed by atoms with van der Waals surface area (Å²) in [5.74, 6) is -0.392. The second kappa shape index (κ2) is 10.8. The SMILES string of the molecule is Cc1ccc(C(C(=O)NC(C)C)N(C(=O)C(NC(=O)OC(C)(C)C)C(C)C)C2CC2C)c(C)c1. The van der Waals surface area contributed by atoms with E-state index in [0.717, 1.165) is 23.1 Å². The van der Waals surface area contributed by atoms with Gasteiger partial charge in [0.2, 0.25) is 11.8 Å². The molecule has 2 rings (SSSR count). The zero-order valence-electron chi connectivity index (χ0n) is 22.5. The zero-order chi connectivity index (χ0) is 26.0. The minimum atomic E-state index is -0.817. The topological polar surface area (TPSA) is 87.7 Å². The van der Waals surface area contributed by atoms with Gasteiger partial charge in [0.05, 0.1) is 0 Å². The van der Waals surface area contributed by atoms with Crippen molar-refractivity contribution in [3.63, 3.8) is 0 Å². The van der Waals surface area contributed by atoms with Crippen molar-refractivity contribution in [2.75, 3.05) is 0 Å². The van der Waals surface area contributed by atoms with Crippen LogP contribution in [-0.4, -0.2) is 46.5 Å². The summed E-state index contributed by atoms with van der Waals surface area (Å²) in [7, 11) is 0. The first-order valence-corrected chi connectivity index (χ1v) is 12.3. The molecule has 0 radical (unpaired) electrons. The molecular weight excluding hydrogens is 430 g/mol. The highest BCUT2D eigenvalue weighted by Crippen LogP contribution is 2.41. The number of hydrogen-bond acceptors (Lipinski definition) is 4. The lowest BCUT2D eigenvalue weighted by molar-refractivity contribution is -0.144. The Bertz CT molecular complexity index is 904. The van der Waals surface area contributed by atoms with Crippen LogP contribution < -0.4 is 10.6 Å². The highest BCUT2D eigenvalue weighted by molar-refractivity contribution is 5.93. The zero-order valence-corrected chi connectivity index (χ0v) is 22.5. The number of alkyl carbamates (subject to hydrolysis) is 1. The van der Waals surface area contributed by atoms with Gasteiger partial charge >= 0.3 is 6.09 Å². The molecule has 3 amide bonds. The maximum atomic E-state index is 14.1. The molecule has 2 N–H and O–H groups in total. The van der Waals surface area contributed by atoms with Gasteiger partial charge in [-0.15, -0.1) is 0 Å². The van der Waals surface area contributed by atoms with E-state index in [2.05, 4.69) is 17.6 Å². The Kier molecular flexibility index (Phi) is 8.78. The van der Waals surface area contributed by atoms with Crippen molar-refractivity contribution in [3.05, 3.63) is 34.9 Å². The van der Waals surface area contributed by atoms with Crippen molar-refractivity contribution in [1.82, 2.24) is 15.5 Å². The molecule has 4 atom stereocenters. The number of rotatable bonds is 8. The number of carbonyl (C=O) groups is 3. The van der Waals surface area contributed by atoms with Crippen molar-refractivity contribution < 1.29 is 19.1 Å². The Morgan fingerprint density at radius 3 is 2.09 bits per heavy atom. The second-order valence-corrected chi connectivity index (χ2v) is 11.3. The Balaban J connectivity index is 2.52. The molecule has 1 aliphatic rings. The highest BCUT2D eigenvalue weighted by Gasteiger charge is 2.49. The van der Waals surface area contributed by atoms with Crippen molar-refractivity contribution >= 4 is 17.9 Å². The van der Waals surface area contributed by atoms with Crippen molar-refractivity contribution in [1.29, 1.82) is 0 Å². The van der Waals surface area contributed by atoms with Gasteiger partial charge in [0, 0.05) is 12.1 Å². The second-order valence-electron chi connectivity index (χ2n) is 11.3. The summed E-state index contributed by atoms with van der Waals surface area (Å²) in [5, 5.41) is 5.79. The quantitative estimate of drug-likeness (QED) is 0.575. The Morgan fingerprint density at radius 1 is 1.06 bits per heavy atom. The molecule has 7 heteroatoms. The van der Waals surface area contributed by atoms with Crippen molar-refractivity contribution in [2.45, 2.75) is 105 Å². The van der Waals surface area contributed by atoms with Gasteiger partial charge in [0.1, 0.15) is 17.7 Å². The summed E-state index contributed by atoms with van der Waals surface area (Å²) >= 11 is 0.